The van der Waals surface area contributed by atoms with Crippen molar-refractivity contribution in [2.45, 2.75) is 27.7 Å². The molecule has 1 aliphatic heterocycles. The Morgan fingerprint density at radius 1 is 1.00 bits per heavy atom. The van der Waals surface area contributed by atoms with Crippen molar-refractivity contribution in [3.8, 4) is 22.6 Å². The zero-order valence-electron chi connectivity index (χ0n) is 17.7. The van der Waals surface area contributed by atoms with Gasteiger partial charge in [0.05, 0.1) is 24.3 Å². The van der Waals surface area contributed by atoms with Crippen LogP contribution in [0.2, 0.25) is 0 Å². The molecule has 0 fully saturated rings. The molecule has 1 N–H and O–H groups in total. The summed E-state index contributed by atoms with van der Waals surface area (Å²) in [6.07, 6.45) is 3.61. The van der Waals surface area contributed by atoms with Crippen molar-refractivity contribution in [3.63, 3.8) is 0 Å². The molecule has 0 unspecified atom stereocenters. The molecule has 0 saturated carbocycles. The molecule has 2 heterocycles. The maximum atomic E-state index is 6.46. The zero-order chi connectivity index (χ0) is 20.4. The number of anilines is 1. The summed E-state index contributed by atoms with van der Waals surface area (Å²) in [6.45, 7) is 12.6. The smallest absolute Gasteiger partial charge is 0.203 e. The second-order valence-corrected chi connectivity index (χ2v) is 7.15. The minimum absolute atomic E-state index is 0.892. The van der Waals surface area contributed by atoms with E-state index in [2.05, 4.69) is 83.5 Å². The summed E-state index contributed by atoms with van der Waals surface area (Å²) in [4.78, 5) is 9.87. The van der Waals surface area contributed by atoms with Crippen molar-refractivity contribution < 1.29 is 4.42 Å². The molecule has 2 aliphatic rings. The molecular weight excluding hydrogens is 360 g/mol. The number of imidazole rings is 1. The summed E-state index contributed by atoms with van der Waals surface area (Å²) in [6, 6.07) is 13.0. The highest BCUT2D eigenvalue weighted by Crippen LogP contribution is 2.39. The molecule has 1 aromatic carbocycles. The molecule has 150 valence electrons. The van der Waals surface area contributed by atoms with Gasteiger partial charge >= 0.3 is 0 Å². The van der Waals surface area contributed by atoms with Gasteiger partial charge in [-0.25, -0.2) is 9.56 Å². The molecule has 5 nitrogen and oxygen atoms in total. The fourth-order valence-corrected chi connectivity index (χ4v) is 4.12. The number of H-pyrrole nitrogens is 1. The Hall–Kier alpha value is -3.08. The van der Waals surface area contributed by atoms with Crippen LogP contribution in [0.1, 0.15) is 27.7 Å². The fraction of sp³-hybridized carbons (Fsp3) is 0.333. The van der Waals surface area contributed by atoms with Gasteiger partial charge in [0.15, 0.2) is 0 Å². The van der Waals surface area contributed by atoms with Gasteiger partial charge < -0.3 is 14.3 Å². The van der Waals surface area contributed by atoms with Gasteiger partial charge in [-0.15, -0.1) is 0 Å². The third kappa shape index (κ3) is 3.41. The molecule has 29 heavy (non-hydrogen) atoms. The Morgan fingerprint density at radius 2 is 1.79 bits per heavy atom. The molecule has 1 aromatic heterocycles. The number of aromatic nitrogens is 2. The van der Waals surface area contributed by atoms with Crippen LogP contribution in [-0.2, 0) is 0 Å². The largest absolute Gasteiger partial charge is 0.456 e. The van der Waals surface area contributed by atoms with Gasteiger partial charge in [-0.2, -0.15) is 0 Å². The Balaban J connectivity index is 2.06. The van der Waals surface area contributed by atoms with Crippen LogP contribution in [-0.4, -0.2) is 36.1 Å². The van der Waals surface area contributed by atoms with E-state index in [0.29, 0.717) is 0 Å². The molecule has 0 amide bonds. The molecule has 0 radical (unpaired) electrons. The van der Waals surface area contributed by atoms with Crippen LogP contribution in [0.25, 0.3) is 33.6 Å². The van der Waals surface area contributed by atoms with Crippen molar-refractivity contribution in [2.24, 2.45) is 0 Å². The topological polar surface area (TPSA) is 48.1 Å². The van der Waals surface area contributed by atoms with Crippen LogP contribution in [0, 0.1) is 0 Å². The van der Waals surface area contributed by atoms with E-state index < -0.39 is 0 Å². The molecule has 0 bridgehead atoms. The second kappa shape index (κ2) is 8.11. The Labute approximate surface area is 171 Å². The monoisotopic (exact) mass is 389 g/mol. The average Bonchev–Trinajstić information content (AvgIpc) is 3.28. The van der Waals surface area contributed by atoms with Crippen molar-refractivity contribution >= 4 is 16.7 Å². The number of fused-ring (bicyclic) bond motifs is 2. The normalized spacial score (nSPS) is 11.3. The predicted molar refractivity (Wildman–Crippen MR) is 120 cm³/mol. The molecular formula is C24H29N4O+. The van der Waals surface area contributed by atoms with Crippen LogP contribution in [0.15, 0.2) is 53.3 Å². The van der Waals surface area contributed by atoms with Gasteiger partial charge in [0, 0.05) is 47.4 Å². The molecule has 2 aromatic rings. The van der Waals surface area contributed by atoms with Crippen molar-refractivity contribution in [3.05, 3.63) is 54.3 Å². The lowest BCUT2D eigenvalue weighted by molar-refractivity contribution is 0.604. The lowest BCUT2D eigenvalue weighted by atomic mass is 9.97. The van der Waals surface area contributed by atoms with Gasteiger partial charge in [-0.3, -0.25) is 0 Å². The standard InChI is InChI=1S/C24H28N4O/c1-5-27(6-2)17-9-11-19-22(13-17)29-23-14-18(28(7-3)8-4)10-12-20(23)24(19)21-15-25-16-26-21/h9-16H,5-8H2,1-4H3/p+1. The number of aromatic amines is 1. The van der Waals surface area contributed by atoms with Crippen LogP contribution in [0.3, 0.4) is 0 Å². The lowest BCUT2D eigenvalue weighted by Crippen LogP contribution is -2.29. The number of rotatable bonds is 6. The van der Waals surface area contributed by atoms with Crippen LogP contribution >= 0.6 is 0 Å². The first-order chi connectivity index (χ1) is 14.2. The third-order valence-electron chi connectivity index (χ3n) is 5.71. The van der Waals surface area contributed by atoms with Crippen molar-refractivity contribution in [2.75, 3.05) is 31.1 Å². The highest BCUT2D eigenvalue weighted by atomic mass is 16.3. The first-order valence-electron chi connectivity index (χ1n) is 10.5. The SMILES string of the molecule is CCN(CC)c1ccc2c(-c3cnc[nH]3)c3ccc(=[N+](CC)CC)cc-3oc2c1. The molecule has 0 atom stereocenters. The van der Waals surface area contributed by atoms with Crippen LogP contribution < -0.4 is 14.8 Å². The quantitative estimate of drug-likeness (QED) is 0.388. The second-order valence-electron chi connectivity index (χ2n) is 7.15. The minimum Gasteiger partial charge on any atom is -0.456 e. The third-order valence-corrected chi connectivity index (χ3v) is 5.71. The number of benzene rings is 2. The maximum absolute atomic E-state index is 6.46. The Bertz CT molecular complexity index is 1150. The Morgan fingerprint density at radius 3 is 2.45 bits per heavy atom. The number of nitrogens with zero attached hydrogens (tertiary/aromatic N) is 3. The van der Waals surface area contributed by atoms with E-state index in [4.69, 9.17) is 4.42 Å². The summed E-state index contributed by atoms with van der Waals surface area (Å²) in [5.41, 5.74) is 5.30. The van der Waals surface area contributed by atoms with Crippen LogP contribution in [0.5, 0.6) is 0 Å². The summed E-state index contributed by atoms with van der Waals surface area (Å²) in [7, 11) is 0. The Kier molecular flexibility index (Phi) is 5.38. The number of hydrogen-bond acceptors (Lipinski definition) is 3. The minimum atomic E-state index is 0.892. The molecule has 0 saturated heterocycles. The molecule has 1 aliphatic carbocycles. The van der Waals surface area contributed by atoms with E-state index in [1.165, 1.54) is 11.0 Å². The summed E-state index contributed by atoms with van der Waals surface area (Å²) in [5, 5.41) is 2.27. The van der Waals surface area contributed by atoms with Gasteiger partial charge in [0.2, 0.25) is 5.36 Å². The van der Waals surface area contributed by atoms with E-state index in [1.807, 2.05) is 6.20 Å². The van der Waals surface area contributed by atoms with E-state index in [1.54, 1.807) is 6.33 Å². The number of nitrogens with one attached hydrogen (secondary N) is 1. The fourth-order valence-electron chi connectivity index (χ4n) is 4.12. The highest BCUT2D eigenvalue weighted by molar-refractivity contribution is 6.01. The highest BCUT2D eigenvalue weighted by Gasteiger charge is 2.19. The first-order valence-corrected chi connectivity index (χ1v) is 10.5. The van der Waals surface area contributed by atoms with E-state index in [-0.39, 0.29) is 0 Å². The van der Waals surface area contributed by atoms with E-state index >= 15 is 0 Å². The van der Waals surface area contributed by atoms with Gasteiger partial charge in [-0.1, -0.05) is 0 Å². The predicted octanol–water partition coefficient (Wildman–Crippen LogP) is 4.59. The van der Waals surface area contributed by atoms with Crippen molar-refractivity contribution in [1.29, 1.82) is 0 Å². The number of hydrogen-bond donors (Lipinski definition) is 1. The molecule has 4 rings (SSSR count). The summed E-state index contributed by atoms with van der Waals surface area (Å²) in [5.74, 6) is 0.892. The molecule has 5 heteroatoms. The molecule has 0 spiro atoms. The van der Waals surface area contributed by atoms with Crippen LogP contribution in [0.4, 0.5) is 5.69 Å². The zero-order valence-corrected chi connectivity index (χ0v) is 17.7. The lowest BCUT2D eigenvalue weighted by Gasteiger charge is -2.22. The van der Waals surface area contributed by atoms with Crippen molar-refractivity contribution in [1.82, 2.24) is 14.5 Å². The van der Waals surface area contributed by atoms with Gasteiger partial charge in [0.1, 0.15) is 24.4 Å². The summed E-state index contributed by atoms with van der Waals surface area (Å²) < 4.78 is 8.79. The van der Waals surface area contributed by atoms with Gasteiger partial charge in [-0.05, 0) is 45.9 Å². The van der Waals surface area contributed by atoms with E-state index in [9.17, 15) is 0 Å². The average molecular weight is 390 g/mol. The van der Waals surface area contributed by atoms with E-state index in [0.717, 1.165) is 59.7 Å². The summed E-state index contributed by atoms with van der Waals surface area (Å²) >= 11 is 0. The first kappa shape index (κ1) is 19.2. The maximum Gasteiger partial charge on any atom is 0.203 e. The van der Waals surface area contributed by atoms with Gasteiger partial charge in [0.25, 0.3) is 0 Å².